The summed E-state index contributed by atoms with van der Waals surface area (Å²) in [6.45, 7) is 0. The summed E-state index contributed by atoms with van der Waals surface area (Å²) >= 11 is 0. The Kier molecular flexibility index (Phi) is 3.40. The minimum atomic E-state index is -1.97. The van der Waals surface area contributed by atoms with Gasteiger partial charge >= 0.3 is 11.7 Å². The molecule has 0 aliphatic carbocycles. The maximum absolute atomic E-state index is 13.4. The number of nitrogens with zero attached hydrogens (tertiary/aromatic N) is 1. The molecule has 0 amide bonds. The van der Waals surface area contributed by atoms with Crippen LogP contribution >= 0.6 is 0 Å². The highest BCUT2D eigenvalue weighted by molar-refractivity contribution is 6.33. The number of benzene rings is 1. The molecule has 0 aliphatic rings. The number of rotatable bonds is 2. The van der Waals surface area contributed by atoms with Crippen LogP contribution in [0.3, 0.4) is 0 Å². The summed E-state index contributed by atoms with van der Waals surface area (Å²) in [5, 5.41) is 10.4. The SMILES string of the molecule is [B-]c1c(F)c(C(=O)OC)c(F)c([N+](=O)[O-])c1F. The maximum atomic E-state index is 13.4. The third-order valence-corrected chi connectivity index (χ3v) is 1.90. The van der Waals surface area contributed by atoms with Gasteiger partial charge in [-0.3, -0.25) is 10.1 Å². The number of carbonyl (C=O) groups excluding carboxylic acids is 1. The Hall–Kier alpha value is -2.06. The number of methoxy groups -OCH3 is 1. The van der Waals surface area contributed by atoms with Crippen molar-refractivity contribution in [1.29, 1.82) is 0 Å². The van der Waals surface area contributed by atoms with Crippen LogP contribution in [0.2, 0.25) is 0 Å². The molecule has 0 aromatic heterocycles. The van der Waals surface area contributed by atoms with Gasteiger partial charge in [-0.1, -0.05) is 0 Å². The van der Waals surface area contributed by atoms with Gasteiger partial charge in [0, 0.05) is 0 Å². The van der Waals surface area contributed by atoms with Crippen molar-refractivity contribution < 1.29 is 27.6 Å². The molecule has 0 heterocycles. The second-order valence-electron chi connectivity index (χ2n) is 2.83. The van der Waals surface area contributed by atoms with Gasteiger partial charge in [-0.15, -0.1) is 0 Å². The van der Waals surface area contributed by atoms with Gasteiger partial charge in [0.2, 0.25) is 5.82 Å². The predicted octanol–water partition coefficient (Wildman–Crippen LogP) is 0.593. The van der Waals surface area contributed by atoms with Crippen LogP contribution in [0, 0.1) is 27.6 Å². The van der Waals surface area contributed by atoms with Gasteiger partial charge in [-0.05, 0) is 0 Å². The largest absolute Gasteiger partial charge is 0.572 e. The number of esters is 1. The van der Waals surface area contributed by atoms with Crippen molar-refractivity contribution in [3.8, 4) is 0 Å². The van der Waals surface area contributed by atoms with E-state index < -0.39 is 45.1 Å². The van der Waals surface area contributed by atoms with Crippen molar-refractivity contribution in [3.63, 3.8) is 0 Å². The topological polar surface area (TPSA) is 69.4 Å². The van der Waals surface area contributed by atoms with Crippen LogP contribution in [0.5, 0.6) is 0 Å². The molecule has 0 atom stereocenters. The summed E-state index contributed by atoms with van der Waals surface area (Å²) in [5.41, 5.74) is -4.43. The highest BCUT2D eigenvalue weighted by Crippen LogP contribution is 2.25. The van der Waals surface area contributed by atoms with Crippen LogP contribution in [0.4, 0.5) is 18.9 Å². The molecule has 0 spiro atoms. The molecule has 5 nitrogen and oxygen atoms in total. The molecular weight excluding hydrogens is 242 g/mol. The second-order valence-corrected chi connectivity index (χ2v) is 2.83. The van der Waals surface area contributed by atoms with Crippen molar-refractivity contribution >= 4 is 25.0 Å². The summed E-state index contributed by atoms with van der Waals surface area (Å²) in [7, 11) is 5.65. The van der Waals surface area contributed by atoms with Crippen molar-refractivity contribution in [2.75, 3.05) is 7.11 Å². The van der Waals surface area contributed by atoms with E-state index in [0.717, 1.165) is 7.11 Å². The zero-order valence-electron chi connectivity index (χ0n) is 8.29. The summed E-state index contributed by atoms with van der Waals surface area (Å²) < 4.78 is 43.8. The number of hydrogen-bond donors (Lipinski definition) is 0. The molecule has 1 aromatic carbocycles. The average Bonchev–Trinajstić information content (AvgIpc) is 2.25. The Labute approximate surface area is 93.7 Å². The van der Waals surface area contributed by atoms with E-state index in [2.05, 4.69) is 4.74 Å². The number of nitro groups is 1. The van der Waals surface area contributed by atoms with Gasteiger partial charge in [0.05, 0.1) is 12.0 Å². The van der Waals surface area contributed by atoms with Crippen LogP contribution in [0.1, 0.15) is 10.4 Å². The van der Waals surface area contributed by atoms with E-state index in [0.29, 0.717) is 0 Å². The average molecular weight is 245 g/mol. The van der Waals surface area contributed by atoms with E-state index in [-0.39, 0.29) is 0 Å². The summed E-state index contributed by atoms with van der Waals surface area (Å²) in [4.78, 5) is 19.9. The zero-order chi connectivity index (χ0) is 13.3. The lowest BCUT2D eigenvalue weighted by Gasteiger charge is -2.14. The smallest absolute Gasteiger partial charge is 0.344 e. The molecule has 9 heteroatoms. The Bertz CT molecular complexity index is 520. The lowest BCUT2D eigenvalue weighted by atomic mass is 9.91. The first kappa shape index (κ1) is 13.0. The third-order valence-electron chi connectivity index (χ3n) is 1.90. The Balaban J connectivity index is 3.74. The normalized spacial score (nSPS) is 10.2. The molecule has 0 N–H and O–H groups in total. The molecule has 1 rings (SSSR count). The first-order chi connectivity index (χ1) is 7.82. The molecule has 0 saturated heterocycles. The summed E-state index contributed by atoms with van der Waals surface area (Å²) in [5.74, 6) is -7.11. The van der Waals surface area contributed by atoms with Crippen LogP contribution < -0.4 is 5.46 Å². The fourth-order valence-corrected chi connectivity index (χ4v) is 1.11. The molecule has 1 aromatic rings. The van der Waals surface area contributed by atoms with Crippen LogP contribution in [-0.4, -0.2) is 25.8 Å². The molecule has 0 fully saturated rings. The molecule has 0 aliphatic heterocycles. The Morgan fingerprint density at radius 3 is 2.24 bits per heavy atom. The van der Waals surface area contributed by atoms with Crippen molar-refractivity contribution in [2.45, 2.75) is 0 Å². The van der Waals surface area contributed by atoms with Crippen molar-refractivity contribution in [1.82, 2.24) is 0 Å². The first-order valence-corrected chi connectivity index (χ1v) is 4.01. The molecule has 89 valence electrons. The minimum absolute atomic E-state index is 0.798. The molecule has 17 heavy (non-hydrogen) atoms. The van der Waals surface area contributed by atoms with Gasteiger partial charge in [-0.2, -0.15) is 4.39 Å². The molecule has 3 radical (unpaired) electrons. The van der Waals surface area contributed by atoms with Crippen LogP contribution in [0.15, 0.2) is 0 Å². The van der Waals surface area contributed by atoms with Gasteiger partial charge in [0.1, 0.15) is 11.4 Å². The van der Waals surface area contributed by atoms with E-state index in [1.165, 1.54) is 0 Å². The maximum Gasteiger partial charge on any atom is 0.344 e. The molecule has 0 bridgehead atoms. The third kappa shape index (κ3) is 1.95. The first-order valence-electron chi connectivity index (χ1n) is 4.01. The van der Waals surface area contributed by atoms with Gasteiger partial charge in [0.25, 0.3) is 0 Å². The Morgan fingerprint density at radius 1 is 1.29 bits per heavy atom. The van der Waals surface area contributed by atoms with Crippen LogP contribution in [0.25, 0.3) is 0 Å². The van der Waals surface area contributed by atoms with E-state index >= 15 is 0 Å². The van der Waals surface area contributed by atoms with E-state index in [9.17, 15) is 28.1 Å². The van der Waals surface area contributed by atoms with Crippen LogP contribution in [-0.2, 0) is 4.74 Å². The van der Waals surface area contributed by atoms with E-state index in [4.69, 9.17) is 7.85 Å². The number of carbonyl (C=O) groups is 1. The highest BCUT2D eigenvalue weighted by atomic mass is 19.1. The lowest BCUT2D eigenvalue weighted by Crippen LogP contribution is -2.23. The van der Waals surface area contributed by atoms with Crippen molar-refractivity contribution in [2.24, 2.45) is 0 Å². The monoisotopic (exact) mass is 245 g/mol. The Morgan fingerprint density at radius 2 is 1.82 bits per heavy atom. The fourth-order valence-electron chi connectivity index (χ4n) is 1.11. The number of nitro benzene ring substituents is 1. The van der Waals surface area contributed by atoms with E-state index in [1.54, 1.807) is 0 Å². The quantitative estimate of drug-likeness (QED) is 0.331. The second kappa shape index (κ2) is 4.44. The fraction of sp³-hybridized carbons (Fsp3) is 0.125. The van der Waals surface area contributed by atoms with Crippen molar-refractivity contribution in [3.05, 3.63) is 33.1 Å². The van der Waals surface area contributed by atoms with Gasteiger partial charge in [0.15, 0.2) is 5.82 Å². The molecule has 0 saturated carbocycles. The lowest BCUT2D eigenvalue weighted by molar-refractivity contribution is -0.390. The van der Waals surface area contributed by atoms with Gasteiger partial charge in [-0.25, -0.2) is 19.0 Å². The standard InChI is InChI=1S/C8H3BF3NO4/c1-17-8(14)2-4(10)3(9)6(12)7(5(2)11)13(15)16/h1H3/q-1. The molecule has 0 unspecified atom stereocenters. The minimum Gasteiger partial charge on any atom is -0.572 e. The molecular formula is C8H3BF3NO4-. The summed E-state index contributed by atoms with van der Waals surface area (Å²) in [6, 6.07) is 0. The number of halogens is 3. The number of ether oxygens (including phenoxy) is 1. The highest BCUT2D eigenvalue weighted by Gasteiger charge is 2.30. The summed E-state index contributed by atoms with van der Waals surface area (Å²) in [6.07, 6.45) is 0. The number of hydrogen-bond acceptors (Lipinski definition) is 4. The predicted molar refractivity (Wildman–Crippen MR) is 49.7 cm³/mol. The zero-order valence-corrected chi connectivity index (χ0v) is 8.29. The van der Waals surface area contributed by atoms with E-state index in [1.807, 2.05) is 0 Å². The van der Waals surface area contributed by atoms with Gasteiger partial charge < -0.3 is 12.6 Å².